The molecule has 1 saturated heterocycles. The number of rotatable bonds is 4. The molecule has 0 amide bonds. The molecular formula is C27H30N6O2. The lowest BCUT2D eigenvalue weighted by Crippen LogP contribution is -2.44. The number of ether oxygens (including phenoxy) is 2. The van der Waals surface area contributed by atoms with Crippen molar-refractivity contribution in [2.45, 2.75) is 75.4 Å². The summed E-state index contributed by atoms with van der Waals surface area (Å²) in [4.78, 5) is 13.4. The lowest BCUT2D eigenvalue weighted by atomic mass is 9.64. The molecule has 7 rings (SSSR count). The predicted octanol–water partition coefficient (Wildman–Crippen LogP) is 4.07. The van der Waals surface area contributed by atoms with E-state index in [9.17, 15) is 0 Å². The number of hydrogen-bond donors (Lipinski definition) is 2. The van der Waals surface area contributed by atoms with Crippen LogP contribution in [0.4, 0.5) is 11.5 Å². The number of nitrogens with two attached hydrogens (primary N) is 2. The first-order chi connectivity index (χ1) is 16.8. The zero-order valence-electron chi connectivity index (χ0n) is 20.1. The van der Waals surface area contributed by atoms with Gasteiger partial charge in [-0.2, -0.15) is 0 Å². The maximum absolute atomic E-state index is 6.38. The molecule has 2 aliphatic carbocycles. The van der Waals surface area contributed by atoms with Crippen LogP contribution >= 0.6 is 0 Å². The lowest BCUT2D eigenvalue weighted by Gasteiger charge is -2.38. The first kappa shape index (κ1) is 21.1. The standard InChI is InChI=1S/C27H30N6O2/c1-26(2)34-21-16(6-4-15-5-7-18-19(12-15)32-25(29)27(18)9-3-10-27)13-20(22(21)35-26)33-11-8-17-23(28)30-14-31-24(17)33/h5,7-8,11-14,20-22H,3-4,6,9-10H2,1-2H3,(H2,29,32)(H2,28,30,31)/t20-,21-,22+/m1/s1. The van der Waals surface area contributed by atoms with E-state index < -0.39 is 5.79 Å². The molecule has 2 aromatic heterocycles. The molecule has 2 fully saturated rings. The average Bonchev–Trinajstić information content (AvgIpc) is 3.50. The van der Waals surface area contributed by atoms with Crippen LogP contribution in [0.15, 0.2) is 53.4 Å². The summed E-state index contributed by atoms with van der Waals surface area (Å²) in [6.45, 7) is 3.96. The van der Waals surface area contributed by atoms with Crippen molar-refractivity contribution in [3.05, 3.63) is 59.6 Å². The molecule has 4 N–H and O–H groups in total. The van der Waals surface area contributed by atoms with Crippen LogP contribution in [0.25, 0.3) is 11.0 Å². The number of anilines is 1. The van der Waals surface area contributed by atoms with Crippen molar-refractivity contribution in [2.75, 3.05) is 5.73 Å². The van der Waals surface area contributed by atoms with Gasteiger partial charge >= 0.3 is 0 Å². The Balaban J connectivity index is 1.18. The zero-order chi connectivity index (χ0) is 23.9. The maximum Gasteiger partial charge on any atom is 0.164 e. The quantitative estimate of drug-likeness (QED) is 0.556. The topological polar surface area (TPSA) is 114 Å². The average molecular weight is 471 g/mol. The van der Waals surface area contributed by atoms with Crippen molar-refractivity contribution in [2.24, 2.45) is 10.7 Å². The van der Waals surface area contributed by atoms with Gasteiger partial charge in [0.25, 0.3) is 0 Å². The van der Waals surface area contributed by atoms with Gasteiger partial charge in [0.2, 0.25) is 0 Å². The molecule has 2 aliphatic heterocycles. The van der Waals surface area contributed by atoms with Crippen LogP contribution < -0.4 is 11.5 Å². The number of nitrogens with zero attached hydrogens (tertiary/aromatic N) is 4. The van der Waals surface area contributed by atoms with Crippen molar-refractivity contribution in [1.82, 2.24) is 14.5 Å². The largest absolute Gasteiger partial charge is 0.386 e. The van der Waals surface area contributed by atoms with Crippen molar-refractivity contribution in [1.29, 1.82) is 0 Å². The van der Waals surface area contributed by atoms with Crippen LogP contribution in [0.2, 0.25) is 0 Å². The summed E-state index contributed by atoms with van der Waals surface area (Å²) in [5, 5.41) is 0.853. The van der Waals surface area contributed by atoms with Crippen LogP contribution in [0.1, 0.15) is 56.7 Å². The highest BCUT2D eigenvalue weighted by molar-refractivity contribution is 6.00. The van der Waals surface area contributed by atoms with E-state index in [1.165, 1.54) is 29.4 Å². The summed E-state index contributed by atoms with van der Waals surface area (Å²) in [5.74, 6) is 0.642. The monoisotopic (exact) mass is 470 g/mol. The fourth-order valence-electron chi connectivity index (χ4n) is 6.38. The third-order valence-corrected chi connectivity index (χ3v) is 8.30. The Labute approximate surface area is 204 Å². The Morgan fingerprint density at radius 2 is 1.94 bits per heavy atom. The van der Waals surface area contributed by atoms with Gasteiger partial charge < -0.3 is 25.5 Å². The number of hydrogen-bond acceptors (Lipinski definition) is 7. The minimum absolute atomic E-state index is 0.00931. The van der Waals surface area contributed by atoms with E-state index in [0.29, 0.717) is 5.82 Å². The van der Waals surface area contributed by atoms with E-state index >= 15 is 0 Å². The Morgan fingerprint density at radius 1 is 1.09 bits per heavy atom. The van der Waals surface area contributed by atoms with Gasteiger partial charge in [0.1, 0.15) is 35.8 Å². The molecule has 1 spiro atoms. The number of aliphatic imine (C=N–C) groups is 1. The van der Waals surface area contributed by atoms with Gasteiger partial charge in [-0.05, 0) is 68.4 Å². The summed E-state index contributed by atoms with van der Waals surface area (Å²) in [6, 6.07) is 8.65. The molecule has 180 valence electrons. The number of nitrogen functional groups attached to an aromatic ring is 1. The van der Waals surface area contributed by atoms with E-state index in [2.05, 4.69) is 38.8 Å². The molecule has 3 atom stereocenters. The second-order valence-electron chi connectivity index (χ2n) is 10.8. The van der Waals surface area contributed by atoms with Gasteiger partial charge in [0, 0.05) is 6.20 Å². The van der Waals surface area contributed by atoms with Crippen molar-refractivity contribution < 1.29 is 9.47 Å². The molecule has 1 aromatic carbocycles. The van der Waals surface area contributed by atoms with Gasteiger partial charge in [-0.15, -0.1) is 0 Å². The summed E-state index contributed by atoms with van der Waals surface area (Å²) < 4.78 is 14.9. The Kier molecular flexibility index (Phi) is 4.31. The summed E-state index contributed by atoms with van der Waals surface area (Å²) in [6.07, 6.45) is 10.9. The van der Waals surface area contributed by atoms with Gasteiger partial charge in [-0.3, -0.25) is 0 Å². The molecule has 4 heterocycles. The van der Waals surface area contributed by atoms with Crippen LogP contribution in [-0.2, 0) is 21.3 Å². The normalized spacial score (nSPS) is 27.5. The second kappa shape index (κ2) is 7.15. The van der Waals surface area contributed by atoms with Gasteiger partial charge in [-0.1, -0.05) is 24.6 Å². The van der Waals surface area contributed by atoms with E-state index in [-0.39, 0.29) is 23.7 Å². The van der Waals surface area contributed by atoms with Crippen molar-refractivity contribution in [3.63, 3.8) is 0 Å². The van der Waals surface area contributed by atoms with Crippen LogP contribution in [0, 0.1) is 0 Å². The Hall–Kier alpha value is -3.23. The summed E-state index contributed by atoms with van der Waals surface area (Å²) >= 11 is 0. The minimum atomic E-state index is -0.638. The smallest absolute Gasteiger partial charge is 0.164 e. The first-order valence-corrected chi connectivity index (χ1v) is 12.5. The van der Waals surface area contributed by atoms with Gasteiger partial charge in [-0.25, -0.2) is 15.0 Å². The number of fused-ring (bicyclic) bond motifs is 4. The third-order valence-electron chi connectivity index (χ3n) is 8.30. The van der Waals surface area contributed by atoms with E-state index in [0.717, 1.165) is 48.2 Å². The molecule has 0 radical (unpaired) electrons. The second-order valence-corrected chi connectivity index (χ2v) is 10.8. The minimum Gasteiger partial charge on any atom is -0.386 e. The fraction of sp³-hybridized carbons (Fsp3) is 0.444. The van der Waals surface area contributed by atoms with Crippen LogP contribution in [0.5, 0.6) is 0 Å². The van der Waals surface area contributed by atoms with E-state index in [1.54, 1.807) is 0 Å². The highest BCUT2D eigenvalue weighted by Gasteiger charge is 2.51. The van der Waals surface area contributed by atoms with Crippen LogP contribution in [0.3, 0.4) is 0 Å². The number of aryl methyl sites for hydroxylation is 1. The molecule has 35 heavy (non-hydrogen) atoms. The zero-order valence-corrected chi connectivity index (χ0v) is 20.1. The molecule has 3 aromatic rings. The van der Waals surface area contributed by atoms with Crippen molar-refractivity contribution in [3.8, 4) is 0 Å². The lowest BCUT2D eigenvalue weighted by molar-refractivity contribution is -0.147. The Morgan fingerprint density at radius 3 is 2.74 bits per heavy atom. The van der Waals surface area contributed by atoms with Gasteiger partial charge in [0.05, 0.1) is 22.5 Å². The van der Waals surface area contributed by atoms with Crippen molar-refractivity contribution >= 4 is 28.4 Å². The SMILES string of the molecule is CC1(C)O[C@@H]2[C@H](O1)C(CCc1ccc3c(c1)N=C(N)C31CCC1)=C[C@H]2n1ccc2c(N)ncnc21. The van der Waals surface area contributed by atoms with E-state index in [4.69, 9.17) is 25.9 Å². The summed E-state index contributed by atoms with van der Waals surface area (Å²) in [5.41, 5.74) is 18.1. The number of amidine groups is 1. The number of benzene rings is 1. The molecule has 8 nitrogen and oxygen atoms in total. The first-order valence-electron chi connectivity index (χ1n) is 12.5. The maximum atomic E-state index is 6.38. The molecule has 8 heteroatoms. The Bertz CT molecular complexity index is 1420. The molecule has 4 aliphatic rings. The fourth-order valence-corrected chi connectivity index (χ4v) is 6.38. The third kappa shape index (κ3) is 3.02. The molecule has 0 bridgehead atoms. The summed E-state index contributed by atoms with van der Waals surface area (Å²) in [7, 11) is 0. The van der Waals surface area contributed by atoms with E-state index in [1.807, 2.05) is 26.1 Å². The predicted molar refractivity (Wildman–Crippen MR) is 134 cm³/mol. The molecule has 0 unspecified atom stereocenters. The van der Waals surface area contributed by atoms with Crippen LogP contribution in [-0.4, -0.2) is 38.4 Å². The van der Waals surface area contributed by atoms with Gasteiger partial charge in [0.15, 0.2) is 5.79 Å². The highest BCUT2D eigenvalue weighted by Crippen LogP contribution is 2.52. The highest BCUT2D eigenvalue weighted by atomic mass is 16.8. The molecule has 1 saturated carbocycles. The molecular weight excluding hydrogens is 440 g/mol. The number of aromatic nitrogens is 3.